The highest BCUT2D eigenvalue weighted by Crippen LogP contribution is 1.79. The molecule has 0 amide bonds. The number of hydrogen-bond donors (Lipinski definition) is 1. The van der Waals surface area contributed by atoms with Crippen molar-refractivity contribution in [3.05, 3.63) is 12.8 Å². The molecule has 0 aliphatic heterocycles. The zero-order valence-electron chi connectivity index (χ0n) is 7.44. The second-order valence-electron chi connectivity index (χ2n) is 1.53. The molecular formula is C8H18N2. The summed E-state index contributed by atoms with van der Waals surface area (Å²) >= 11 is 0. The van der Waals surface area contributed by atoms with E-state index in [-0.39, 0.29) is 0 Å². The van der Waals surface area contributed by atoms with Gasteiger partial charge in [0.1, 0.15) is 0 Å². The first kappa shape index (κ1) is 11.9. The Labute approximate surface area is 64.0 Å². The van der Waals surface area contributed by atoms with Gasteiger partial charge in [0.2, 0.25) is 0 Å². The lowest BCUT2D eigenvalue weighted by Crippen LogP contribution is -1.98. The van der Waals surface area contributed by atoms with Gasteiger partial charge in [0, 0.05) is 11.9 Å². The third kappa shape index (κ3) is 10.2. The van der Waals surface area contributed by atoms with E-state index in [1.807, 2.05) is 20.8 Å². The predicted molar refractivity (Wildman–Crippen MR) is 48.1 cm³/mol. The van der Waals surface area contributed by atoms with E-state index in [9.17, 15) is 0 Å². The van der Waals surface area contributed by atoms with Gasteiger partial charge in [-0.1, -0.05) is 27.4 Å². The first-order valence-electron chi connectivity index (χ1n) is 3.70. The van der Waals surface area contributed by atoms with Crippen LogP contribution in [0.2, 0.25) is 0 Å². The van der Waals surface area contributed by atoms with E-state index in [1.54, 1.807) is 6.20 Å². The van der Waals surface area contributed by atoms with E-state index >= 15 is 0 Å². The van der Waals surface area contributed by atoms with Gasteiger partial charge < -0.3 is 0 Å². The van der Waals surface area contributed by atoms with Crippen molar-refractivity contribution in [3.8, 4) is 0 Å². The fraction of sp³-hybridized carbons (Fsp3) is 0.625. The molecule has 0 aromatic heterocycles. The van der Waals surface area contributed by atoms with Gasteiger partial charge in [-0.3, -0.25) is 5.43 Å². The SMILES string of the molecule is C=CN/N=C(/C)CC.CC. The minimum Gasteiger partial charge on any atom is -0.286 e. The summed E-state index contributed by atoms with van der Waals surface area (Å²) < 4.78 is 0. The molecule has 0 radical (unpaired) electrons. The molecule has 0 aliphatic carbocycles. The number of nitrogens with one attached hydrogen (secondary N) is 1. The van der Waals surface area contributed by atoms with Crippen molar-refractivity contribution in [1.29, 1.82) is 0 Å². The van der Waals surface area contributed by atoms with Gasteiger partial charge in [0.15, 0.2) is 0 Å². The summed E-state index contributed by atoms with van der Waals surface area (Å²) in [5.74, 6) is 0. The van der Waals surface area contributed by atoms with Crippen LogP contribution in [0, 0.1) is 0 Å². The number of hydrogen-bond acceptors (Lipinski definition) is 2. The van der Waals surface area contributed by atoms with Gasteiger partial charge in [-0.25, -0.2) is 0 Å². The molecule has 0 aliphatic rings. The lowest BCUT2D eigenvalue weighted by atomic mass is 10.3. The van der Waals surface area contributed by atoms with Crippen LogP contribution in [0.4, 0.5) is 0 Å². The van der Waals surface area contributed by atoms with Gasteiger partial charge in [0.05, 0.1) is 0 Å². The lowest BCUT2D eigenvalue weighted by molar-refractivity contribution is 0.955. The third-order valence-electron chi connectivity index (χ3n) is 0.858. The van der Waals surface area contributed by atoms with Crippen LogP contribution in [0.15, 0.2) is 17.9 Å². The zero-order valence-corrected chi connectivity index (χ0v) is 7.44. The lowest BCUT2D eigenvalue weighted by Gasteiger charge is -1.91. The van der Waals surface area contributed by atoms with E-state index < -0.39 is 0 Å². The summed E-state index contributed by atoms with van der Waals surface area (Å²) in [4.78, 5) is 0. The van der Waals surface area contributed by atoms with Crippen LogP contribution in [0.3, 0.4) is 0 Å². The van der Waals surface area contributed by atoms with Crippen molar-refractivity contribution < 1.29 is 0 Å². The summed E-state index contributed by atoms with van der Waals surface area (Å²) in [5, 5.41) is 3.91. The Hall–Kier alpha value is -0.790. The number of hydrazone groups is 1. The Morgan fingerprint density at radius 2 is 2.10 bits per heavy atom. The highest BCUT2D eigenvalue weighted by Gasteiger charge is 1.79. The van der Waals surface area contributed by atoms with Gasteiger partial charge in [-0.2, -0.15) is 5.10 Å². The van der Waals surface area contributed by atoms with E-state index in [1.165, 1.54) is 0 Å². The Bertz CT molecular complexity index is 95.4. The van der Waals surface area contributed by atoms with Crippen LogP contribution in [0.5, 0.6) is 0 Å². The smallest absolute Gasteiger partial charge is 0.0348 e. The van der Waals surface area contributed by atoms with E-state index in [0.717, 1.165) is 12.1 Å². The van der Waals surface area contributed by atoms with Gasteiger partial charge in [0.25, 0.3) is 0 Å². The predicted octanol–water partition coefficient (Wildman–Crippen LogP) is 2.53. The maximum Gasteiger partial charge on any atom is 0.0348 e. The fourth-order valence-corrected chi connectivity index (χ4v) is 0.235. The molecule has 0 spiro atoms. The molecular weight excluding hydrogens is 124 g/mol. The summed E-state index contributed by atoms with van der Waals surface area (Å²) in [5.41, 5.74) is 3.74. The van der Waals surface area contributed by atoms with E-state index in [4.69, 9.17) is 0 Å². The molecule has 2 heteroatoms. The van der Waals surface area contributed by atoms with E-state index in [2.05, 4.69) is 24.0 Å². The Balaban J connectivity index is 0. The second-order valence-corrected chi connectivity index (χ2v) is 1.53. The van der Waals surface area contributed by atoms with Crippen LogP contribution in [0.1, 0.15) is 34.1 Å². The maximum absolute atomic E-state index is 3.91. The molecule has 0 saturated heterocycles. The normalized spacial score (nSPS) is 9.40. The van der Waals surface area contributed by atoms with Crippen molar-refractivity contribution in [1.82, 2.24) is 5.43 Å². The highest BCUT2D eigenvalue weighted by atomic mass is 15.3. The molecule has 0 unspecified atom stereocenters. The number of rotatable bonds is 3. The largest absolute Gasteiger partial charge is 0.286 e. The average Bonchev–Trinajstić information content (AvgIpc) is 2.04. The maximum atomic E-state index is 3.91. The monoisotopic (exact) mass is 142 g/mol. The second kappa shape index (κ2) is 11.1. The summed E-state index contributed by atoms with van der Waals surface area (Å²) in [6, 6.07) is 0. The standard InChI is InChI=1S/C6H12N2.C2H6/c1-4-6(3)8-7-5-2;1-2/h5,7H,2,4H2,1,3H3;1-2H3/b8-6-;. The third-order valence-corrected chi connectivity index (χ3v) is 0.858. The first-order valence-corrected chi connectivity index (χ1v) is 3.70. The van der Waals surface area contributed by atoms with E-state index in [0.29, 0.717) is 0 Å². The van der Waals surface area contributed by atoms with Crippen LogP contribution in [-0.2, 0) is 0 Å². The van der Waals surface area contributed by atoms with Crippen molar-refractivity contribution in [2.75, 3.05) is 0 Å². The molecule has 0 saturated carbocycles. The van der Waals surface area contributed by atoms with Crippen LogP contribution in [-0.4, -0.2) is 5.71 Å². The van der Waals surface area contributed by atoms with Crippen molar-refractivity contribution >= 4 is 5.71 Å². The summed E-state index contributed by atoms with van der Waals surface area (Å²) in [6.07, 6.45) is 2.54. The molecule has 1 N–H and O–H groups in total. The van der Waals surface area contributed by atoms with Gasteiger partial charge >= 0.3 is 0 Å². The molecule has 0 heterocycles. The zero-order chi connectivity index (χ0) is 8.41. The van der Waals surface area contributed by atoms with Crippen LogP contribution in [0.25, 0.3) is 0 Å². The van der Waals surface area contributed by atoms with Crippen LogP contribution < -0.4 is 5.43 Å². The molecule has 60 valence electrons. The molecule has 0 bridgehead atoms. The minimum absolute atomic E-state index is 0.987. The summed E-state index contributed by atoms with van der Waals surface area (Å²) in [6.45, 7) is 11.5. The van der Waals surface area contributed by atoms with Gasteiger partial charge in [-0.15, -0.1) is 0 Å². The van der Waals surface area contributed by atoms with Crippen LogP contribution >= 0.6 is 0 Å². The molecule has 0 fully saturated rings. The molecule has 0 atom stereocenters. The Kier molecular flexibility index (Phi) is 13.2. The molecule has 0 aromatic rings. The molecule has 0 aromatic carbocycles. The molecule has 10 heavy (non-hydrogen) atoms. The summed E-state index contributed by atoms with van der Waals surface area (Å²) in [7, 11) is 0. The molecule has 0 rings (SSSR count). The first-order chi connectivity index (χ1) is 4.81. The average molecular weight is 142 g/mol. The fourth-order valence-electron chi connectivity index (χ4n) is 0.235. The molecule has 2 nitrogen and oxygen atoms in total. The highest BCUT2D eigenvalue weighted by molar-refractivity contribution is 5.81. The van der Waals surface area contributed by atoms with Crippen molar-refractivity contribution in [3.63, 3.8) is 0 Å². The van der Waals surface area contributed by atoms with Crippen molar-refractivity contribution in [2.45, 2.75) is 34.1 Å². The quantitative estimate of drug-likeness (QED) is 0.475. The van der Waals surface area contributed by atoms with Gasteiger partial charge in [-0.05, 0) is 13.3 Å². The topological polar surface area (TPSA) is 24.4 Å². The van der Waals surface area contributed by atoms with Crippen molar-refractivity contribution in [2.24, 2.45) is 5.10 Å². The Morgan fingerprint density at radius 3 is 2.40 bits per heavy atom. The minimum atomic E-state index is 0.987. The Morgan fingerprint density at radius 1 is 1.60 bits per heavy atom. The number of nitrogens with zero attached hydrogens (tertiary/aromatic N) is 1.